The lowest BCUT2D eigenvalue weighted by Crippen LogP contribution is -2.13. The highest BCUT2D eigenvalue weighted by Gasteiger charge is 2.23. The molecule has 172 valence electrons. The first-order valence-corrected chi connectivity index (χ1v) is 11.2. The molecule has 0 saturated carbocycles. The minimum absolute atomic E-state index is 0.173. The van der Waals surface area contributed by atoms with Gasteiger partial charge in [-0.25, -0.2) is 9.78 Å². The second-order valence-corrected chi connectivity index (χ2v) is 7.94. The van der Waals surface area contributed by atoms with Gasteiger partial charge >= 0.3 is 5.97 Å². The summed E-state index contributed by atoms with van der Waals surface area (Å²) in [5.41, 5.74) is 4.33. The van der Waals surface area contributed by atoms with Crippen molar-refractivity contribution in [3.63, 3.8) is 0 Å². The lowest BCUT2D eigenvalue weighted by molar-refractivity contribution is 0.0463. The normalized spacial score (nSPS) is 10.5. The molecule has 0 aliphatic rings. The lowest BCUT2D eigenvalue weighted by Gasteiger charge is -2.19. The largest absolute Gasteiger partial charge is 0.485 e. The van der Waals surface area contributed by atoms with Crippen molar-refractivity contribution < 1.29 is 19.0 Å². The Labute approximate surface area is 200 Å². The summed E-state index contributed by atoms with van der Waals surface area (Å²) in [6.07, 6.45) is 0. The van der Waals surface area contributed by atoms with Crippen molar-refractivity contribution in [2.24, 2.45) is 0 Å². The molecule has 0 radical (unpaired) electrons. The molecule has 5 heteroatoms. The first-order valence-electron chi connectivity index (χ1n) is 11.2. The minimum Gasteiger partial charge on any atom is -0.485 e. The molecule has 0 saturated heterocycles. The van der Waals surface area contributed by atoms with Crippen molar-refractivity contribution in [2.75, 3.05) is 0 Å². The van der Waals surface area contributed by atoms with Crippen molar-refractivity contribution in [1.29, 1.82) is 0 Å². The summed E-state index contributed by atoms with van der Waals surface area (Å²) in [4.78, 5) is 17.5. The maximum absolute atomic E-state index is 12.9. The van der Waals surface area contributed by atoms with Gasteiger partial charge in [0.25, 0.3) is 0 Å². The van der Waals surface area contributed by atoms with E-state index in [0.29, 0.717) is 36.0 Å². The van der Waals surface area contributed by atoms with E-state index in [2.05, 4.69) is 4.98 Å². The molecule has 0 amide bonds. The molecule has 34 heavy (non-hydrogen) atoms. The fourth-order valence-corrected chi connectivity index (χ4v) is 3.54. The molecule has 1 aromatic heterocycles. The maximum atomic E-state index is 12.9. The zero-order valence-electron chi connectivity index (χ0n) is 19.4. The summed E-state index contributed by atoms with van der Waals surface area (Å²) in [6, 6.07) is 29.3. The molecule has 0 N–H and O–H groups in total. The number of pyridine rings is 1. The van der Waals surface area contributed by atoms with Gasteiger partial charge in [0.15, 0.2) is 17.2 Å². The Balaban J connectivity index is 1.60. The van der Waals surface area contributed by atoms with Gasteiger partial charge < -0.3 is 14.2 Å². The third-order valence-corrected chi connectivity index (χ3v) is 5.37. The van der Waals surface area contributed by atoms with Gasteiger partial charge in [-0.2, -0.15) is 0 Å². The van der Waals surface area contributed by atoms with Crippen molar-refractivity contribution in [3.8, 4) is 11.5 Å². The number of ether oxygens (including phenoxy) is 3. The van der Waals surface area contributed by atoms with Crippen LogP contribution in [-0.4, -0.2) is 11.0 Å². The van der Waals surface area contributed by atoms with Gasteiger partial charge in [-0.1, -0.05) is 91.0 Å². The van der Waals surface area contributed by atoms with Gasteiger partial charge in [0, 0.05) is 5.56 Å². The molecule has 0 unspecified atom stereocenters. The van der Waals surface area contributed by atoms with Crippen LogP contribution in [0.3, 0.4) is 0 Å². The van der Waals surface area contributed by atoms with Crippen LogP contribution in [0.2, 0.25) is 0 Å². The predicted octanol–water partition coefficient (Wildman–Crippen LogP) is 6.21. The summed E-state index contributed by atoms with van der Waals surface area (Å²) >= 11 is 0. The topological polar surface area (TPSA) is 57.7 Å². The summed E-state index contributed by atoms with van der Waals surface area (Å²) < 4.78 is 17.9. The van der Waals surface area contributed by atoms with E-state index in [1.54, 1.807) is 6.92 Å². The van der Waals surface area contributed by atoms with E-state index in [1.807, 2.05) is 97.9 Å². The smallest absolute Gasteiger partial charge is 0.357 e. The minimum atomic E-state index is -0.497. The third-order valence-electron chi connectivity index (χ3n) is 5.37. The number of hydrogen-bond donors (Lipinski definition) is 0. The van der Waals surface area contributed by atoms with E-state index in [4.69, 9.17) is 14.2 Å². The Morgan fingerprint density at radius 2 is 1.09 bits per heavy atom. The Morgan fingerprint density at radius 1 is 0.647 bits per heavy atom. The summed E-state index contributed by atoms with van der Waals surface area (Å²) in [5, 5.41) is 0. The van der Waals surface area contributed by atoms with Crippen molar-refractivity contribution >= 4 is 5.97 Å². The van der Waals surface area contributed by atoms with Crippen LogP contribution in [0.25, 0.3) is 0 Å². The van der Waals surface area contributed by atoms with Crippen LogP contribution in [0.4, 0.5) is 0 Å². The third kappa shape index (κ3) is 5.81. The highest BCUT2D eigenvalue weighted by Crippen LogP contribution is 2.36. The first-order chi connectivity index (χ1) is 16.6. The van der Waals surface area contributed by atoms with Crippen LogP contribution in [0.1, 0.15) is 38.4 Å². The van der Waals surface area contributed by atoms with Gasteiger partial charge in [0.05, 0.1) is 5.69 Å². The molecule has 0 bridgehead atoms. The molecule has 1 heterocycles. The molecule has 4 aromatic rings. The summed E-state index contributed by atoms with van der Waals surface area (Å²) in [7, 11) is 0. The molecule has 4 rings (SSSR count). The average Bonchev–Trinajstić information content (AvgIpc) is 2.88. The number of esters is 1. The molecule has 0 atom stereocenters. The fraction of sp³-hybridized carbons (Fsp3) is 0.172. The van der Waals surface area contributed by atoms with Crippen LogP contribution in [0.5, 0.6) is 11.5 Å². The Morgan fingerprint density at radius 3 is 1.59 bits per heavy atom. The van der Waals surface area contributed by atoms with E-state index in [9.17, 15) is 4.79 Å². The number of aryl methyl sites for hydroxylation is 1. The number of rotatable bonds is 9. The molecular formula is C29H27NO4. The standard InChI is InChI=1S/C29H27NO4/c1-21-26(29(31)34-20-25-16-10-5-11-17-25)30-22(2)28(33-19-24-14-8-4-9-15-24)27(21)32-18-23-12-6-3-7-13-23/h3-17H,18-20H2,1-2H3. The van der Waals surface area contributed by atoms with Crippen LogP contribution >= 0.6 is 0 Å². The van der Waals surface area contributed by atoms with Crippen molar-refractivity contribution in [2.45, 2.75) is 33.7 Å². The number of nitrogens with zero attached hydrogens (tertiary/aromatic N) is 1. The van der Waals surface area contributed by atoms with E-state index < -0.39 is 5.97 Å². The van der Waals surface area contributed by atoms with Crippen molar-refractivity contribution in [1.82, 2.24) is 4.98 Å². The monoisotopic (exact) mass is 453 g/mol. The number of aromatic nitrogens is 1. The van der Waals surface area contributed by atoms with Gasteiger partial charge in [-0.3, -0.25) is 0 Å². The highest BCUT2D eigenvalue weighted by molar-refractivity contribution is 5.90. The first kappa shape index (κ1) is 23.1. The van der Waals surface area contributed by atoms with Crippen LogP contribution in [-0.2, 0) is 24.6 Å². The fourth-order valence-electron chi connectivity index (χ4n) is 3.54. The Bertz CT molecular complexity index is 1230. The van der Waals surface area contributed by atoms with Crippen LogP contribution in [0.15, 0.2) is 91.0 Å². The van der Waals surface area contributed by atoms with E-state index in [-0.39, 0.29) is 12.3 Å². The summed E-state index contributed by atoms with van der Waals surface area (Å²) in [5.74, 6) is 0.527. The summed E-state index contributed by atoms with van der Waals surface area (Å²) in [6.45, 7) is 4.49. The molecule has 3 aromatic carbocycles. The zero-order chi connectivity index (χ0) is 23.8. The van der Waals surface area contributed by atoms with Crippen LogP contribution in [0, 0.1) is 13.8 Å². The second-order valence-electron chi connectivity index (χ2n) is 7.94. The number of hydrogen-bond acceptors (Lipinski definition) is 5. The maximum Gasteiger partial charge on any atom is 0.357 e. The van der Waals surface area contributed by atoms with E-state index in [1.165, 1.54) is 0 Å². The highest BCUT2D eigenvalue weighted by atomic mass is 16.5. The van der Waals surface area contributed by atoms with E-state index >= 15 is 0 Å². The molecular weight excluding hydrogens is 426 g/mol. The lowest BCUT2D eigenvalue weighted by atomic mass is 10.1. The Kier molecular flexibility index (Phi) is 7.56. The van der Waals surface area contributed by atoms with Gasteiger partial charge in [0.2, 0.25) is 0 Å². The number of carbonyl (C=O) groups is 1. The molecule has 0 fully saturated rings. The zero-order valence-corrected chi connectivity index (χ0v) is 19.4. The molecule has 0 aliphatic heterocycles. The number of benzene rings is 3. The Hall–Kier alpha value is -4.12. The van der Waals surface area contributed by atoms with Crippen LogP contribution < -0.4 is 9.47 Å². The number of carbonyl (C=O) groups excluding carboxylic acids is 1. The second kappa shape index (κ2) is 11.1. The molecule has 5 nitrogen and oxygen atoms in total. The van der Waals surface area contributed by atoms with Gasteiger partial charge in [0.1, 0.15) is 19.8 Å². The van der Waals surface area contributed by atoms with E-state index in [0.717, 1.165) is 16.7 Å². The molecule has 0 aliphatic carbocycles. The van der Waals surface area contributed by atoms with Crippen molar-refractivity contribution in [3.05, 3.63) is 125 Å². The van der Waals surface area contributed by atoms with Gasteiger partial charge in [-0.15, -0.1) is 0 Å². The average molecular weight is 454 g/mol. The quantitative estimate of drug-likeness (QED) is 0.282. The predicted molar refractivity (Wildman–Crippen MR) is 131 cm³/mol. The van der Waals surface area contributed by atoms with Gasteiger partial charge in [-0.05, 0) is 30.5 Å². The molecule has 0 spiro atoms. The SMILES string of the molecule is Cc1nc(C(=O)OCc2ccccc2)c(C)c(OCc2ccccc2)c1OCc1ccccc1.